The molecule has 2 heterocycles. The summed E-state index contributed by atoms with van der Waals surface area (Å²) in [5.41, 5.74) is 2.77. The molecule has 0 fully saturated rings. The van der Waals surface area contributed by atoms with Crippen molar-refractivity contribution >= 4 is 17.7 Å². The Morgan fingerprint density at radius 3 is 2.56 bits per heavy atom. The second-order valence-corrected chi connectivity index (χ2v) is 8.10. The molecule has 0 aromatic heterocycles. The first-order valence-corrected chi connectivity index (χ1v) is 10.9. The molecule has 0 radical (unpaired) electrons. The number of ether oxygens (including phenoxy) is 4. The van der Waals surface area contributed by atoms with Gasteiger partial charge in [-0.05, 0) is 50.8 Å². The smallest absolute Gasteiger partial charge is 0.336 e. The van der Waals surface area contributed by atoms with E-state index in [0.717, 1.165) is 5.70 Å². The van der Waals surface area contributed by atoms with Crippen LogP contribution >= 0.6 is 0 Å². The van der Waals surface area contributed by atoms with E-state index in [1.165, 1.54) is 0 Å². The summed E-state index contributed by atoms with van der Waals surface area (Å²) in [5.74, 6) is -2.09. The van der Waals surface area contributed by atoms with Crippen LogP contribution in [0.3, 0.4) is 0 Å². The van der Waals surface area contributed by atoms with Crippen molar-refractivity contribution < 1.29 is 33.3 Å². The van der Waals surface area contributed by atoms with E-state index in [2.05, 4.69) is 5.32 Å². The van der Waals surface area contributed by atoms with Crippen molar-refractivity contribution in [2.45, 2.75) is 40.0 Å². The van der Waals surface area contributed by atoms with Gasteiger partial charge in [-0.25, -0.2) is 4.79 Å². The van der Waals surface area contributed by atoms with E-state index >= 15 is 0 Å². The number of benzene rings is 1. The molecule has 0 unspecified atom stereocenters. The Balaban J connectivity index is 1.85. The van der Waals surface area contributed by atoms with Crippen LogP contribution in [0, 0.1) is 11.8 Å². The number of rotatable bonds is 5. The Kier molecular flexibility index (Phi) is 5.95. The third kappa shape index (κ3) is 3.63. The van der Waals surface area contributed by atoms with Crippen LogP contribution in [0.5, 0.6) is 11.5 Å². The molecule has 1 N–H and O–H groups in total. The molecule has 0 bridgehead atoms. The number of dihydropyridines is 1. The molecule has 3 aliphatic rings. The van der Waals surface area contributed by atoms with Crippen LogP contribution in [-0.4, -0.2) is 37.7 Å². The lowest BCUT2D eigenvalue weighted by atomic mass is 9.69. The van der Waals surface area contributed by atoms with Crippen molar-refractivity contribution in [2.24, 2.45) is 11.8 Å². The molecule has 0 saturated carbocycles. The van der Waals surface area contributed by atoms with E-state index in [-0.39, 0.29) is 31.7 Å². The van der Waals surface area contributed by atoms with Crippen LogP contribution in [0.1, 0.15) is 45.6 Å². The third-order valence-corrected chi connectivity index (χ3v) is 6.05. The van der Waals surface area contributed by atoms with Crippen molar-refractivity contribution in [3.63, 3.8) is 0 Å². The molecular formula is C24H27NO7. The van der Waals surface area contributed by atoms with Gasteiger partial charge in [0, 0.05) is 22.9 Å². The Hall–Kier alpha value is -3.29. The van der Waals surface area contributed by atoms with Crippen LogP contribution in [0.15, 0.2) is 40.7 Å². The zero-order valence-corrected chi connectivity index (χ0v) is 18.7. The molecule has 1 aliphatic carbocycles. The molecule has 8 nitrogen and oxygen atoms in total. The number of esters is 2. The highest BCUT2D eigenvalue weighted by molar-refractivity contribution is 6.12. The van der Waals surface area contributed by atoms with Gasteiger partial charge in [0.05, 0.1) is 18.8 Å². The van der Waals surface area contributed by atoms with E-state index in [9.17, 15) is 14.4 Å². The second-order valence-electron chi connectivity index (χ2n) is 8.10. The van der Waals surface area contributed by atoms with E-state index in [0.29, 0.717) is 40.3 Å². The predicted octanol–water partition coefficient (Wildman–Crippen LogP) is 2.98. The number of hydrogen-bond donors (Lipinski definition) is 1. The predicted molar refractivity (Wildman–Crippen MR) is 114 cm³/mol. The quantitative estimate of drug-likeness (QED) is 0.550. The molecule has 32 heavy (non-hydrogen) atoms. The molecule has 0 spiro atoms. The molecule has 170 valence electrons. The van der Waals surface area contributed by atoms with Gasteiger partial charge in [0.15, 0.2) is 17.3 Å². The SMILES string of the molecule is CCOC(=O)C1=C(C)NC2=C(C(=O)[C@@H](C(=O)OCC)[C@H](C)C2)[C@@H]1c1ccc2c(c1)OCO2. The topological polar surface area (TPSA) is 100 Å². The van der Waals surface area contributed by atoms with E-state index < -0.39 is 23.8 Å². The molecular weight excluding hydrogens is 414 g/mol. The number of carbonyl (C=O) groups is 3. The van der Waals surface area contributed by atoms with Gasteiger partial charge < -0.3 is 24.3 Å². The Labute approximate surface area is 186 Å². The summed E-state index contributed by atoms with van der Waals surface area (Å²) >= 11 is 0. The van der Waals surface area contributed by atoms with Gasteiger partial charge in [-0.15, -0.1) is 0 Å². The van der Waals surface area contributed by atoms with Crippen LogP contribution in [0.4, 0.5) is 0 Å². The van der Waals surface area contributed by atoms with E-state index in [4.69, 9.17) is 18.9 Å². The minimum atomic E-state index is -0.922. The number of hydrogen-bond acceptors (Lipinski definition) is 8. The first-order valence-electron chi connectivity index (χ1n) is 10.9. The Bertz CT molecular complexity index is 1040. The van der Waals surface area contributed by atoms with Gasteiger partial charge in [-0.3, -0.25) is 9.59 Å². The molecule has 0 amide bonds. The average molecular weight is 441 g/mol. The van der Waals surface area contributed by atoms with Crippen LogP contribution < -0.4 is 14.8 Å². The van der Waals surface area contributed by atoms with Crippen molar-refractivity contribution in [1.82, 2.24) is 5.32 Å². The number of allylic oxidation sites excluding steroid dienone is 3. The Morgan fingerprint density at radius 2 is 1.84 bits per heavy atom. The molecule has 3 atom stereocenters. The molecule has 4 rings (SSSR count). The van der Waals surface area contributed by atoms with Gasteiger partial charge in [0.25, 0.3) is 0 Å². The highest BCUT2D eigenvalue weighted by Gasteiger charge is 2.47. The van der Waals surface area contributed by atoms with Gasteiger partial charge >= 0.3 is 11.9 Å². The maximum Gasteiger partial charge on any atom is 0.336 e. The van der Waals surface area contributed by atoms with E-state index in [1.54, 1.807) is 32.9 Å². The maximum absolute atomic E-state index is 13.7. The van der Waals surface area contributed by atoms with Crippen molar-refractivity contribution in [1.29, 1.82) is 0 Å². The highest BCUT2D eigenvalue weighted by atomic mass is 16.7. The first-order chi connectivity index (χ1) is 15.4. The van der Waals surface area contributed by atoms with Crippen molar-refractivity contribution in [3.8, 4) is 11.5 Å². The number of ketones is 1. The summed E-state index contributed by atoms with van der Waals surface area (Å²) in [6.45, 7) is 7.60. The lowest BCUT2D eigenvalue weighted by Crippen LogP contribution is -2.43. The van der Waals surface area contributed by atoms with Crippen LogP contribution in [0.2, 0.25) is 0 Å². The average Bonchev–Trinajstić information content (AvgIpc) is 3.20. The molecule has 1 aromatic carbocycles. The summed E-state index contributed by atoms with van der Waals surface area (Å²) < 4.78 is 21.5. The summed E-state index contributed by atoms with van der Waals surface area (Å²) in [5, 5.41) is 3.24. The molecule has 2 aliphatic heterocycles. The summed E-state index contributed by atoms with van der Waals surface area (Å²) in [6.07, 6.45) is 0.485. The zero-order chi connectivity index (χ0) is 23.0. The zero-order valence-electron chi connectivity index (χ0n) is 18.7. The lowest BCUT2D eigenvalue weighted by molar-refractivity contribution is -0.153. The van der Waals surface area contributed by atoms with Gasteiger partial charge in [0.1, 0.15) is 5.92 Å². The molecule has 1 aromatic rings. The third-order valence-electron chi connectivity index (χ3n) is 6.05. The largest absolute Gasteiger partial charge is 0.465 e. The fourth-order valence-corrected chi connectivity index (χ4v) is 4.69. The summed E-state index contributed by atoms with van der Waals surface area (Å²) in [4.78, 5) is 39.3. The second kappa shape index (κ2) is 8.68. The van der Waals surface area contributed by atoms with Crippen LogP contribution in [0.25, 0.3) is 0 Å². The summed E-state index contributed by atoms with van der Waals surface area (Å²) in [7, 11) is 0. The minimum absolute atomic E-state index is 0.111. The molecule has 0 saturated heterocycles. The lowest BCUT2D eigenvalue weighted by Gasteiger charge is -2.38. The van der Waals surface area contributed by atoms with Gasteiger partial charge in [-0.2, -0.15) is 0 Å². The molecule has 8 heteroatoms. The van der Waals surface area contributed by atoms with Crippen molar-refractivity contribution in [2.75, 3.05) is 20.0 Å². The van der Waals surface area contributed by atoms with Gasteiger partial charge in [0.2, 0.25) is 6.79 Å². The van der Waals surface area contributed by atoms with Crippen LogP contribution in [-0.2, 0) is 23.9 Å². The number of fused-ring (bicyclic) bond motifs is 1. The van der Waals surface area contributed by atoms with E-state index in [1.807, 2.05) is 13.0 Å². The standard InChI is InChI=1S/C24H27NO7/c1-5-29-23(27)18-12(3)9-15-21(22(18)26)20(19(13(4)25-15)24(28)30-6-2)14-7-8-16-17(10-14)32-11-31-16/h7-8,10,12,18,20,25H,5-6,9,11H2,1-4H3/t12-,18+,20-/m1/s1. The maximum atomic E-state index is 13.7. The number of nitrogens with one attached hydrogen (secondary N) is 1. The fraction of sp³-hybridized carbons (Fsp3) is 0.458. The van der Waals surface area contributed by atoms with Gasteiger partial charge in [-0.1, -0.05) is 13.0 Å². The highest BCUT2D eigenvalue weighted by Crippen LogP contribution is 2.47. The number of carbonyl (C=O) groups excluding carboxylic acids is 3. The first kappa shape index (κ1) is 21.9. The van der Waals surface area contributed by atoms with Crippen molar-refractivity contribution in [3.05, 3.63) is 46.3 Å². The minimum Gasteiger partial charge on any atom is -0.465 e. The number of Topliss-reactive ketones (excluding diaryl/α,β-unsaturated/α-hetero) is 1. The normalized spacial score (nSPS) is 24.1. The fourth-order valence-electron chi connectivity index (χ4n) is 4.69. The monoisotopic (exact) mass is 441 g/mol. The Morgan fingerprint density at radius 1 is 1.12 bits per heavy atom. The summed E-state index contributed by atoms with van der Waals surface area (Å²) in [6, 6.07) is 5.35.